The van der Waals surface area contributed by atoms with E-state index in [0.29, 0.717) is 18.7 Å². The molecular weight excluding hydrogens is 274 g/mol. The van der Waals surface area contributed by atoms with Gasteiger partial charge in [-0.05, 0) is 19.0 Å². The third kappa shape index (κ3) is 5.13. The van der Waals surface area contributed by atoms with Crippen molar-refractivity contribution < 1.29 is 14.8 Å². The van der Waals surface area contributed by atoms with Crippen LogP contribution in [0, 0.1) is 10.1 Å². The SMILES string of the molecule is CCCCN(CCO)Cc1ccc(C(N)=O)cc1[N+](=O)[O-]. The maximum atomic E-state index is 11.1. The van der Waals surface area contributed by atoms with Crippen LogP contribution in [0.2, 0.25) is 0 Å². The van der Waals surface area contributed by atoms with Gasteiger partial charge in [-0.1, -0.05) is 19.4 Å². The van der Waals surface area contributed by atoms with Crippen molar-refractivity contribution in [3.05, 3.63) is 39.4 Å². The predicted octanol–water partition coefficient (Wildman–Crippen LogP) is 1.29. The van der Waals surface area contributed by atoms with Gasteiger partial charge in [0.15, 0.2) is 0 Å². The van der Waals surface area contributed by atoms with Crippen molar-refractivity contribution in [3.63, 3.8) is 0 Å². The van der Waals surface area contributed by atoms with Gasteiger partial charge in [-0.2, -0.15) is 0 Å². The molecule has 7 heteroatoms. The number of amides is 1. The van der Waals surface area contributed by atoms with Crippen LogP contribution in [0.5, 0.6) is 0 Å². The number of aliphatic hydroxyl groups is 1. The number of carbonyl (C=O) groups is 1. The van der Waals surface area contributed by atoms with Crippen molar-refractivity contribution in [1.82, 2.24) is 4.90 Å². The molecule has 1 aromatic rings. The molecule has 1 aromatic carbocycles. The van der Waals surface area contributed by atoms with Gasteiger partial charge in [-0.25, -0.2) is 0 Å². The third-order valence-corrected chi connectivity index (χ3v) is 3.20. The first kappa shape index (κ1) is 17.1. The lowest BCUT2D eigenvalue weighted by molar-refractivity contribution is -0.385. The average Bonchev–Trinajstić information content (AvgIpc) is 2.44. The Hall–Kier alpha value is -1.99. The highest BCUT2D eigenvalue weighted by atomic mass is 16.6. The minimum absolute atomic E-state index is 0.00309. The fourth-order valence-corrected chi connectivity index (χ4v) is 2.05. The zero-order chi connectivity index (χ0) is 15.8. The molecular formula is C14H21N3O4. The highest BCUT2D eigenvalue weighted by Gasteiger charge is 2.18. The Bertz CT molecular complexity index is 505. The summed E-state index contributed by atoms with van der Waals surface area (Å²) in [6, 6.07) is 4.24. The van der Waals surface area contributed by atoms with Crippen LogP contribution in [0.4, 0.5) is 5.69 Å². The van der Waals surface area contributed by atoms with Gasteiger partial charge in [0.05, 0.1) is 11.5 Å². The van der Waals surface area contributed by atoms with Gasteiger partial charge in [-0.15, -0.1) is 0 Å². The van der Waals surface area contributed by atoms with Gasteiger partial charge in [0.25, 0.3) is 5.69 Å². The Kier molecular flexibility index (Phi) is 6.77. The number of unbranched alkanes of at least 4 members (excludes halogenated alkanes) is 1. The summed E-state index contributed by atoms with van der Waals surface area (Å²) < 4.78 is 0. The molecule has 0 heterocycles. The molecule has 116 valence electrons. The number of hydrogen-bond acceptors (Lipinski definition) is 5. The number of nitrogens with two attached hydrogens (primary N) is 1. The molecule has 0 unspecified atom stereocenters. The third-order valence-electron chi connectivity index (χ3n) is 3.20. The van der Waals surface area contributed by atoms with Gasteiger partial charge in [0.2, 0.25) is 5.91 Å². The maximum Gasteiger partial charge on any atom is 0.274 e. The highest BCUT2D eigenvalue weighted by Crippen LogP contribution is 2.22. The van der Waals surface area contributed by atoms with Crippen molar-refractivity contribution in [2.45, 2.75) is 26.3 Å². The van der Waals surface area contributed by atoms with E-state index in [1.807, 2.05) is 4.90 Å². The van der Waals surface area contributed by atoms with E-state index in [9.17, 15) is 14.9 Å². The molecule has 0 bridgehead atoms. The van der Waals surface area contributed by atoms with Gasteiger partial charge in [0.1, 0.15) is 0 Å². The number of aliphatic hydroxyl groups excluding tert-OH is 1. The lowest BCUT2D eigenvalue weighted by Crippen LogP contribution is -2.28. The average molecular weight is 295 g/mol. The molecule has 0 aliphatic carbocycles. The normalized spacial score (nSPS) is 10.8. The van der Waals surface area contributed by atoms with Gasteiger partial charge in [-0.3, -0.25) is 19.8 Å². The quantitative estimate of drug-likeness (QED) is 0.527. The van der Waals surface area contributed by atoms with E-state index in [4.69, 9.17) is 10.8 Å². The van der Waals surface area contributed by atoms with Crippen molar-refractivity contribution in [1.29, 1.82) is 0 Å². The van der Waals surface area contributed by atoms with Crippen LogP contribution in [0.3, 0.4) is 0 Å². The molecule has 0 aliphatic rings. The second kappa shape index (κ2) is 8.33. The summed E-state index contributed by atoms with van der Waals surface area (Å²) >= 11 is 0. The van der Waals surface area contributed by atoms with Crippen LogP contribution in [-0.4, -0.2) is 40.5 Å². The molecule has 0 fully saturated rings. The van der Waals surface area contributed by atoms with Gasteiger partial charge < -0.3 is 10.8 Å². The Labute approximate surface area is 123 Å². The lowest BCUT2D eigenvalue weighted by Gasteiger charge is -2.21. The summed E-state index contributed by atoms with van der Waals surface area (Å²) in [6.45, 7) is 3.62. The molecule has 0 atom stereocenters. The lowest BCUT2D eigenvalue weighted by atomic mass is 10.1. The fraction of sp³-hybridized carbons (Fsp3) is 0.500. The number of nitro groups is 1. The van der Waals surface area contributed by atoms with Crippen LogP contribution in [0.15, 0.2) is 18.2 Å². The predicted molar refractivity (Wildman–Crippen MR) is 78.9 cm³/mol. The molecule has 0 aliphatic heterocycles. The van der Waals surface area contributed by atoms with Crippen LogP contribution in [-0.2, 0) is 6.54 Å². The summed E-state index contributed by atoms with van der Waals surface area (Å²) in [6.07, 6.45) is 1.96. The van der Waals surface area contributed by atoms with E-state index in [1.165, 1.54) is 12.1 Å². The van der Waals surface area contributed by atoms with Crippen LogP contribution < -0.4 is 5.73 Å². The number of rotatable bonds is 9. The summed E-state index contributed by atoms with van der Waals surface area (Å²) in [5.41, 5.74) is 5.65. The van der Waals surface area contributed by atoms with E-state index in [2.05, 4.69) is 6.92 Å². The van der Waals surface area contributed by atoms with E-state index in [-0.39, 0.29) is 17.9 Å². The number of carbonyl (C=O) groups excluding carboxylic acids is 1. The number of primary amides is 1. The first-order valence-electron chi connectivity index (χ1n) is 6.90. The largest absolute Gasteiger partial charge is 0.395 e. The molecule has 7 nitrogen and oxygen atoms in total. The van der Waals surface area contributed by atoms with Crippen molar-refractivity contribution in [2.75, 3.05) is 19.7 Å². The molecule has 3 N–H and O–H groups in total. The van der Waals surface area contributed by atoms with Crippen LogP contribution in [0.25, 0.3) is 0 Å². The van der Waals surface area contributed by atoms with Crippen LogP contribution in [0.1, 0.15) is 35.7 Å². The summed E-state index contributed by atoms with van der Waals surface area (Å²) in [4.78, 5) is 23.7. The summed E-state index contributed by atoms with van der Waals surface area (Å²) in [7, 11) is 0. The Morgan fingerprint density at radius 1 is 1.43 bits per heavy atom. The summed E-state index contributed by atoms with van der Waals surface area (Å²) in [5, 5.41) is 20.2. The number of hydrogen-bond donors (Lipinski definition) is 2. The van der Waals surface area contributed by atoms with E-state index < -0.39 is 10.8 Å². The molecule has 0 saturated heterocycles. The van der Waals surface area contributed by atoms with Gasteiger partial charge in [0, 0.05) is 30.3 Å². The van der Waals surface area contributed by atoms with E-state index in [0.717, 1.165) is 19.4 Å². The molecule has 0 spiro atoms. The number of nitro benzene ring substituents is 1. The second-order valence-electron chi connectivity index (χ2n) is 4.82. The molecule has 0 saturated carbocycles. The monoisotopic (exact) mass is 295 g/mol. The molecule has 0 radical (unpaired) electrons. The minimum atomic E-state index is -0.692. The fourth-order valence-electron chi connectivity index (χ4n) is 2.05. The molecule has 1 amide bonds. The standard InChI is InChI=1S/C14H21N3O4/c1-2-3-6-16(7-8-18)10-12-5-4-11(14(15)19)9-13(12)17(20)21/h4-5,9,18H,2-3,6-8,10H2,1H3,(H2,15,19). The highest BCUT2D eigenvalue weighted by molar-refractivity contribution is 5.93. The Balaban J connectivity index is 2.99. The molecule has 0 aromatic heterocycles. The topological polar surface area (TPSA) is 110 Å². The van der Waals surface area contributed by atoms with E-state index in [1.54, 1.807) is 6.07 Å². The number of nitrogens with zero attached hydrogens (tertiary/aromatic N) is 2. The van der Waals surface area contributed by atoms with E-state index >= 15 is 0 Å². The summed E-state index contributed by atoms with van der Waals surface area (Å²) in [5.74, 6) is -0.692. The molecule has 1 rings (SSSR count). The number of benzene rings is 1. The molecule has 21 heavy (non-hydrogen) atoms. The first-order chi connectivity index (χ1) is 9.99. The Morgan fingerprint density at radius 3 is 2.67 bits per heavy atom. The smallest absolute Gasteiger partial charge is 0.274 e. The van der Waals surface area contributed by atoms with Crippen molar-refractivity contribution in [2.24, 2.45) is 5.73 Å². The Morgan fingerprint density at radius 2 is 2.14 bits per heavy atom. The maximum absolute atomic E-state index is 11.1. The van der Waals surface area contributed by atoms with Crippen LogP contribution >= 0.6 is 0 Å². The van der Waals surface area contributed by atoms with Crippen molar-refractivity contribution in [3.8, 4) is 0 Å². The van der Waals surface area contributed by atoms with Crippen molar-refractivity contribution >= 4 is 11.6 Å². The zero-order valence-corrected chi connectivity index (χ0v) is 12.1. The second-order valence-corrected chi connectivity index (χ2v) is 4.82. The zero-order valence-electron chi connectivity index (χ0n) is 12.1. The first-order valence-corrected chi connectivity index (χ1v) is 6.90. The van der Waals surface area contributed by atoms with Gasteiger partial charge >= 0.3 is 0 Å². The minimum Gasteiger partial charge on any atom is -0.395 e.